The summed E-state index contributed by atoms with van der Waals surface area (Å²) in [5.41, 5.74) is 1.40. The van der Waals surface area contributed by atoms with E-state index >= 15 is 0 Å². The van der Waals surface area contributed by atoms with Crippen molar-refractivity contribution in [1.82, 2.24) is 0 Å². The maximum atomic E-state index is 12.2. The van der Waals surface area contributed by atoms with E-state index in [9.17, 15) is 4.79 Å². The van der Waals surface area contributed by atoms with Crippen LogP contribution in [0.15, 0.2) is 42.5 Å². The van der Waals surface area contributed by atoms with Crippen molar-refractivity contribution in [3.63, 3.8) is 0 Å². The van der Waals surface area contributed by atoms with Gasteiger partial charge in [-0.15, -0.1) is 0 Å². The second-order valence-corrected chi connectivity index (χ2v) is 6.50. The molecule has 1 atom stereocenters. The van der Waals surface area contributed by atoms with Crippen LogP contribution < -0.4 is 10.6 Å². The molecular formula is C15H13Cl2IN2O. The Kier molecular flexibility index (Phi) is 5.72. The van der Waals surface area contributed by atoms with Gasteiger partial charge in [-0.25, -0.2) is 0 Å². The Morgan fingerprint density at radius 3 is 2.62 bits per heavy atom. The van der Waals surface area contributed by atoms with Gasteiger partial charge in [0.2, 0.25) is 5.91 Å². The van der Waals surface area contributed by atoms with Gasteiger partial charge in [0.05, 0.1) is 15.7 Å². The molecule has 0 heterocycles. The zero-order valence-electron chi connectivity index (χ0n) is 11.2. The molecule has 1 unspecified atom stereocenters. The molecule has 2 N–H and O–H groups in total. The summed E-state index contributed by atoms with van der Waals surface area (Å²) < 4.78 is 1.10. The van der Waals surface area contributed by atoms with E-state index in [1.54, 1.807) is 25.1 Å². The Morgan fingerprint density at radius 2 is 1.90 bits per heavy atom. The Balaban J connectivity index is 2.04. The lowest BCUT2D eigenvalue weighted by Gasteiger charge is -2.16. The molecule has 1 amide bonds. The van der Waals surface area contributed by atoms with Gasteiger partial charge in [-0.2, -0.15) is 0 Å². The first kappa shape index (κ1) is 16.4. The minimum Gasteiger partial charge on any atom is -0.374 e. The van der Waals surface area contributed by atoms with Crippen molar-refractivity contribution < 1.29 is 4.79 Å². The summed E-state index contributed by atoms with van der Waals surface area (Å²) in [6.07, 6.45) is 0. The zero-order chi connectivity index (χ0) is 15.4. The summed E-state index contributed by atoms with van der Waals surface area (Å²) in [6.45, 7) is 1.79. The highest BCUT2D eigenvalue weighted by Crippen LogP contribution is 2.29. The maximum Gasteiger partial charge on any atom is 0.246 e. The second-order valence-electron chi connectivity index (χ2n) is 4.47. The number of nitrogens with one attached hydrogen (secondary N) is 2. The van der Waals surface area contributed by atoms with E-state index in [2.05, 4.69) is 33.2 Å². The average Bonchev–Trinajstić information content (AvgIpc) is 2.44. The van der Waals surface area contributed by atoms with E-state index in [0.717, 1.165) is 9.26 Å². The van der Waals surface area contributed by atoms with E-state index in [-0.39, 0.29) is 5.91 Å². The predicted octanol–water partition coefficient (Wildman–Crippen LogP) is 5.04. The molecule has 3 nitrogen and oxygen atoms in total. The number of carbonyl (C=O) groups excluding carboxylic acids is 1. The van der Waals surface area contributed by atoms with Crippen LogP contribution in [-0.4, -0.2) is 11.9 Å². The van der Waals surface area contributed by atoms with Gasteiger partial charge in [-0.1, -0.05) is 35.3 Å². The first-order valence-corrected chi connectivity index (χ1v) is 8.08. The fourth-order valence-corrected chi connectivity index (χ4v) is 2.63. The van der Waals surface area contributed by atoms with Crippen LogP contribution in [0.3, 0.4) is 0 Å². The van der Waals surface area contributed by atoms with Crippen molar-refractivity contribution in [2.45, 2.75) is 13.0 Å². The van der Waals surface area contributed by atoms with Gasteiger partial charge in [-0.3, -0.25) is 4.79 Å². The molecule has 0 saturated heterocycles. The van der Waals surface area contributed by atoms with Gasteiger partial charge < -0.3 is 10.6 Å². The van der Waals surface area contributed by atoms with Crippen molar-refractivity contribution in [3.05, 3.63) is 56.1 Å². The third-order valence-corrected chi connectivity index (χ3v) is 4.30. The lowest BCUT2D eigenvalue weighted by atomic mass is 10.2. The van der Waals surface area contributed by atoms with Crippen LogP contribution in [-0.2, 0) is 4.79 Å². The Labute approximate surface area is 147 Å². The van der Waals surface area contributed by atoms with Gasteiger partial charge in [0.25, 0.3) is 0 Å². The molecule has 0 fully saturated rings. The van der Waals surface area contributed by atoms with Crippen LogP contribution in [0, 0.1) is 3.57 Å². The van der Waals surface area contributed by atoms with Crippen molar-refractivity contribution in [1.29, 1.82) is 0 Å². The number of anilines is 2. The van der Waals surface area contributed by atoms with Crippen LogP contribution in [0.2, 0.25) is 10.0 Å². The van der Waals surface area contributed by atoms with E-state index in [4.69, 9.17) is 23.2 Å². The van der Waals surface area contributed by atoms with Crippen LogP contribution in [0.4, 0.5) is 11.4 Å². The van der Waals surface area contributed by atoms with Crippen LogP contribution in [0.1, 0.15) is 6.92 Å². The molecule has 6 heteroatoms. The molecular weight excluding hydrogens is 422 g/mol. The number of hydrogen-bond donors (Lipinski definition) is 2. The number of benzene rings is 2. The predicted molar refractivity (Wildman–Crippen MR) is 97.3 cm³/mol. The van der Waals surface area contributed by atoms with Crippen molar-refractivity contribution >= 4 is 63.1 Å². The van der Waals surface area contributed by atoms with E-state index in [1.165, 1.54) is 0 Å². The standard InChI is InChI=1S/C15H13Cl2IN2O/c1-9(19-11-5-2-4-10(18)8-11)15(21)20-13-7-3-6-12(16)14(13)17/h2-9,19H,1H3,(H,20,21). The molecule has 2 rings (SSSR count). The van der Waals surface area contributed by atoms with Crippen molar-refractivity contribution in [2.75, 3.05) is 10.6 Å². The monoisotopic (exact) mass is 434 g/mol. The number of hydrogen-bond acceptors (Lipinski definition) is 2. The number of amides is 1. The summed E-state index contributed by atoms with van der Waals surface area (Å²) >= 11 is 14.2. The van der Waals surface area contributed by atoms with E-state index in [1.807, 2.05) is 24.3 Å². The molecule has 110 valence electrons. The first-order valence-electron chi connectivity index (χ1n) is 6.24. The first-order chi connectivity index (χ1) is 9.97. The van der Waals surface area contributed by atoms with Gasteiger partial charge in [0, 0.05) is 9.26 Å². The molecule has 2 aromatic carbocycles. The SMILES string of the molecule is CC(Nc1cccc(I)c1)C(=O)Nc1cccc(Cl)c1Cl. The summed E-state index contributed by atoms with van der Waals surface area (Å²) in [7, 11) is 0. The number of halogens is 3. The molecule has 21 heavy (non-hydrogen) atoms. The van der Waals surface area contributed by atoms with Crippen molar-refractivity contribution in [2.24, 2.45) is 0 Å². The smallest absolute Gasteiger partial charge is 0.246 e. The van der Waals surface area contributed by atoms with Gasteiger partial charge in [-0.05, 0) is 59.8 Å². The summed E-state index contributed by atoms with van der Waals surface area (Å²) in [4.78, 5) is 12.2. The maximum absolute atomic E-state index is 12.2. The van der Waals surface area contributed by atoms with E-state index < -0.39 is 6.04 Å². The third-order valence-electron chi connectivity index (χ3n) is 2.81. The van der Waals surface area contributed by atoms with Gasteiger partial charge >= 0.3 is 0 Å². The molecule has 2 aromatic rings. The molecule has 0 aromatic heterocycles. The molecule has 0 aliphatic heterocycles. The molecule has 0 aliphatic rings. The fourth-order valence-electron chi connectivity index (χ4n) is 1.74. The molecule has 0 aliphatic carbocycles. The van der Waals surface area contributed by atoms with Crippen LogP contribution >= 0.6 is 45.8 Å². The topological polar surface area (TPSA) is 41.1 Å². The van der Waals surface area contributed by atoms with Gasteiger partial charge in [0.1, 0.15) is 6.04 Å². The minimum atomic E-state index is -0.404. The third kappa shape index (κ3) is 4.49. The fraction of sp³-hybridized carbons (Fsp3) is 0.133. The highest BCUT2D eigenvalue weighted by molar-refractivity contribution is 14.1. The largest absolute Gasteiger partial charge is 0.374 e. The Morgan fingerprint density at radius 1 is 1.19 bits per heavy atom. The zero-order valence-corrected chi connectivity index (χ0v) is 14.8. The second kappa shape index (κ2) is 7.33. The highest BCUT2D eigenvalue weighted by atomic mass is 127. The molecule has 0 saturated carbocycles. The Bertz CT molecular complexity index is 664. The Hall–Kier alpha value is -0.980. The van der Waals surface area contributed by atoms with Gasteiger partial charge in [0.15, 0.2) is 0 Å². The lowest BCUT2D eigenvalue weighted by molar-refractivity contribution is -0.116. The van der Waals surface area contributed by atoms with E-state index in [0.29, 0.717) is 15.7 Å². The minimum absolute atomic E-state index is 0.182. The number of carbonyl (C=O) groups is 1. The summed E-state index contributed by atoms with van der Waals surface area (Å²) in [5.74, 6) is -0.182. The normalized spacial score (nSPS) is 11.8. The lowest BCUT2D eigenvalue weighted by Crippen LogP contribution is -2.32. The van der Waals surface area contributed by atoms with Crippen molar-refractivity contribution in [3.8, 4) is 0 Å². The molecule has 0 bridgehead atoms. The summed E-state index contributed by atoms with van der Waals surface area (Å²) in [5, 5.41) is 6.66. The summed E-state index contributed by atoms with van der Waals surface area (Å²) in [6, 6.07) is 12.5. The average molecular weight is 435 g/mol. The van der Waals surface area contributed by atoms with Crippen LogP contribution in [0.25, 0.3) is 0 Å². The molecule has 0 spiro atoms. The van der Waals surface area contributed by atoms with Crippen LogP contribution in [0.5, 0.6) is 0 Å². The number of rotatable bonds is 4. The molecule has 0 radical (unpaired) electrons. The highest BCUT2D eigenvalue weighted by Gasteiger charge is 2.15. The quantitative estimate of drug-likeness (QED) is 0.662.